The molecule has 0 fully saturated rings. The zero-order valence-corrected chi connectivity index (χ0v) is 9.84. The number of nitrogens with one attached hydrogen (secondary N) is 1. The molecule has 2 rings (SSSR count). The molecular weight excluding hydrogens is 245 g/mol. The molecule has 4 nitrogen and oxygen atoms in total. The number of aromatic nitrogens is 3. The second-order valence-corrected chi connectivity index (χ2v) is 3.83. The van der Waals surface area contributed by atoms with Crippen LogP contribution < -0.4 is 5.32 Å². The van der Waals surface area contributed by atoms with E-state index >= 15 is 0 Å². The van der Waals surface area contributed by atoms with Gasteiger partial charge in [0.1, 0.15) is 11.6 Å². The summed E-state index contributed by atoms with van der Waals surface area (Å²) in [6, 6.07) is 1.38. The second kappa shape index (κ2) is 4.67. The SMILES string of the molecule is Cc1nnc(CNc2cc(F)cc(F)c2F)n1C. The van der Waals surface area contributed by atoms with E-state index in [-0.39, 0.29) is 12.2 Å². The Morgan fingerprint density at radius 1 is 1.22 bits per heavy atom. The largest absolute Gasteiger partial charge is 0.375 e. The summed E-state index contributed by atoms with van der Waals surface area (Å²) in [6.45, 7) is 1.89. The third kappa shape index (κ3) is 2.29. The lowest BCUT2D eigenvalue weighted by molar-refractivity contribution is 0.497. The summed E-state index contributed by atoms with van der Waals surface area (Å²) >= 11 is 0. The smallest absolute Gasteiger partial charge is 0.182 e. The molecule has 1 heterocycles. The van der Waals surface area contributed by atoms with Crippen molar-refractivity contribution in [2.24, 2.45) is 7.05 Å². The lowest BCUT2D eigenvalue weighted by atomic mass is 10.3. The highest BCUT2D eigenvalue weighted by molar-refractivity contribution is 5.45. The predicted molar refractivity (Wildman–Crippen MR) is 59.4 cm³/mol. The Kier molecular flexibility index (Phi) is 3.22. The summed E-state index contributed by atoms with van der Waals surface area (Å²) in [6.07, 6.45) is 0. The summed E-state index contributed by atoms with van der Waals surface area (Å²) in [5.74, 6) is -1.96. The Hall–Kier alpha value is -2.05. The van der Waals surface area contributed by atoms with Crippen LogP contribution in [0.15, 0.2) is 12.1 Å². The van der Waals surface area contributed by atoms with Crippen LogP contribution in [0.2, 0.25) is 0 Å². The lowest BCUT2D eigenvalue weighted by Crippen LogP contribution is -2.08. The fraction of sp³-hybridized carbons (Fsp3) is 0.273. The van der Waals surface area contributed by atoms with Crippen LogP contribution in [0.4, 0.5) is 18.9 Å². The van der Waals surface area contributed by atoms with Crippen LogP contribution in [-0.2, 0) is 13.6 Å². The first-order chi connectivity index (χ1) is 8.49. The number of nitrogens with zero attached hydrogens (tertiary/aromatic N) is 3. The lowest BCUT2D eigenvalue weighted by Gasteiger charge is -2.08. The molecule has 0 aliphatic heterocycles. The molecule has 18 heavy (non-hydrogen) atoms. The maximum Gasteiger partial charge on any atom is 0.182 e. The van der Waals surface area contributed by atoms with Gasteiger partial charge >= 0.3 is 0 Å². The predicted octanol–water partition coefficient (Wildman–Crippen LogP) is 2.15. The molecular formula is C11H11F3N4. The highest BCUT2D eigenvalue weighted by atomic mass is 19.2. The van der Waals surface area contributed by atoms with Crippen LogP contribution in [0.1, 0.15) is 11.6 Å². The third-order valence-electron chi connectivity index (χ3n) is 2.61. The maximum absolute atomic E-state index is 13.3. The van der Waals surface area contributed by atoms with Crippen molar-refractivity contribution in [3.8, 4) is 0 Å². The van der Waals surface area contributed by atoms with Gasteiger partial charge in [0.25, 0.3) is 0 Å². The van der Waals surface area contributed by atoms with E-state index < -0.39 is 17.5 Å². The van der Waals surface area contributed by atoms with E-state index in [1.54, 1.807) is 18.5 Å². The maximum atomic E-state index is 13.3. The standard InChI is InChI=1S/C11H11F3N4/c1-6-16-17-10(18(6)2)5-15-9-4-7(12)3-8(13)11(9)14/h3-4,15H,5H2,1-2H3. The minimum Gasteiger partial charge on any atom is -0.375 e. The minimum atomic E-state index is -1.23. The molecule has 0 radical (unpaired) electrons. The van der Waals surface area contributed by atoms with Crippen molar-refractivity contribution in [3.63, 3.8) is 0 Å². The van der Waals surface area contributed by atoms with E-state index in [4.69, 9.17) is 0 Å². The summed E-state index contributed by atoms with van der Waals surface area (Å²) < 4.78 is 40.9. The number of halogens is 3. The Balaban J connectivity index is 2.18. The van der Waals surface area contributed by atoms with Gasteiger partial charge in [0.05, 0.1) is 12.2 Å². The Labute approximate surface area is 101 Å². The van der Waals surface area contributed by atoms with Crippen LogP contribution in [0.3, 0.4) is 0 Å². The minimum absolute atomic E-state index is 0.122. The number of aryl methyl sites for hydroxylation is 1. The topological polar surface area (TPSA) is 42.7 Å². The van der Waals surface area contributed by atoms with Gasteiger partial charge in [0.15, 0.2) is 17.5 Å². The molecule has 0 spiro atoms. The molecule has 0 saturated heterocycles. The van der Waals surface area contributed by atoms with E-state index in [1.165, 1.54) is 0 Å². The van der Waals surface area contributed by atoms with Crippen LogP contribution in [-0.4, -0.2) is 14.8 Å². The van der Waals surface area contributed by atoms with Crippen molar-refractivity contribution in [2.45, 2.75) is 13.5 Å². The quantitative estimate of drug-likeness (QED) is 0.856. The molecule has 2 aromatic rings. The normalized spacial score (nSPS) is 10.7. The van der Waals surface area contributed by atoms with Crippen molar-refractivity contribution in [1.82, 2.24) is 14.8 Å². The zero-order chi connectivity index (χ0) is 13.3. The number of hydrogen-bond acceptors (Lipinski definition) is 3. The van der Waals surface area contributed by atoms with Gasteiger partial charge in [-0.3, -0.25) is 0 Å². The van der Waals surface area contributed by atoms with Gasteiger partial charge < -0.3 is 9.88 Å². The molecule has 7 heteroatoms. The molecule has 0 unspecified atom stereocenters. The van der Waals surface area contributed by atoms with Crippen molar-refractivity contribution in [2.75, 3.05) is 5.32 Å². The summed E-state index contributed by atoms with van der Waals surface area (Å²) in [5, 5.41) is 10.2. The van der Waals surface area contributed by atoms with Crippen LogP contribution in [0, 0.1) is 24.4 Å². The van der Waals surface area contributed by atoms with Crippen molar-refractivity contribution in [1.29, 1.82) is 0 Å². The van der Waals surface area contributed by atoms with Gasteiger partial charge in [-0.25, -0.2) is 13.2 Å². The van der Waals surface area contributed by atoms with Crippen LogP contribution in [0.5, 0.6) is 0 Å². The van der Waals surface area contributed by atoms with Gasteiger partial charge in [-0.2, -0.15) is 0 Å². The van der Waals surface area contributed by atoms with E-state index in [1.807, 2.05) is 0 Å². The first kappa shape index (κ1) is 12.4. The molecule has 0 aliphatic rings. The number of hydrogen-bond donors (Lipinski definition) is 1. The molecule has 0 saturated carbocycles. The molecule has 0 amide bonds. The van der Waals surface area contributed by atoms with Gasteiger partial charge in [-0.1, -0.05) is 0 Å². The van der Waals surface area contributed by atoms with Gasteiger partial charge in [0, 0.05) is 19.2 Å². The molecule has 0 aliphatic carbocycles. The molecule has 0 bridgehead atoms. The van der Waals surface area contributed by atoms with Crippen molar-refractivity contribution in [3.05, 3.63) is 41.2 Å². The van der Waals surface area contributed by atoms with Crippen molar-refractivity contribution < 1.29 is 13.2 Å². The first-order valence-corrected chi connectivity index (χ1v) is 5.22. The number of benzene rings is 1. The average Bonchev–Trinajstić information content (AvgIpc) is 2.63. The summed E-state index contributed by atoms with van der Waals surface area (Å²) in [5.41, 5.74) is -0.242. The first-order valence-electron chi connectivity index (χ1n) is 5.22. The van der Waals surface area contributed by atoms with Crippen molar-refractivity contribution >= 4 is 5.69 Å². The Morgan fingerprint density at radius 2 is 1.94 bits per heavy atom. The van der Waals surface area contributed by atoms with E-state index in [0.29, 0.717) is 17.7 Å². The second-order valence-electron chi connectivity index (χ2n) is 3.83. The molecule has 1 N–H and O–H groups in total. The van der Waals surface area contributed by atoms with E-state index in [2.05, 4.69) is 15.5 Å². The molecule has 0 atom stereocenters. The summed E-state index contributed by atoms with van der Waals surface area (Å²) in [4.78, 5) is 0. The summed E-state index contributed by atoms with van der Waals surface area (Å²) in [7, 11) is 1.74. The van der Waals surface area contributed by atoms with Gasteiger partial charge in [0.2, 0.25) is 0 Å². The third-order valence-corrected chi connectivity index (χ3v) is 2.61. The highest BCUT2D eigenvalue weighted by Crippen LogP contribution is 2.19. The van der Waals surface area contributed by atoms with Crippen LogP contribution >= 0.6 is 0 Å². The van der Waals surface area contributed by atoms with E-state index in [0.717, 1.165) is 6.07 Å². The Bertz CT molecular complexity index is 580. The molecule has 1 aromatic carbocycles. The average molecular weight is 256 g/mol. The van der Waals surface area contributed by atoms with Gasteiger partial charge in [-0.15, -0.1) is 10.2 Å². The monoisotopic (exact) mass is 256 g/mol. The molecule has 1 aromatic heterocycles. The number of rotatable bonds is 3. The number of anilines is 1. The van der Waals surface area contributed by atoms with E-state index in [9.17, 15) is 13.2 Å². The van der Waals surface area contributed by atoms with Crippen LogP contribution in [0.25, 0.3) is 0 Å². The Morgan fingerprint density at radius 3 is 2.56 bits per heavy atom. The molecule has 96 valence electrons. The fourth-order valence-corrected chi connectivity index (χ4v) is 1.46. The zero-order valence-electron chi connectivity index (χ0n) is 9.84. The fourth-order valence-electron chi connectivity index (χ4n) is 1.46. The highest BCUT2D eigenvalue weighted by Gasteiger charge is 2.12. The van der Waals surface area contributed by atoms with Gasteiger partial charge in [-0.05, 0) is 6.92 Å².